The lowest BCUT2D eigenvalue weighted by atomic mass is 10.1. The Morgan fingerprint density at radius 2 is 2.00 bits per heavy atom. The second-order valence-corrected chi connectivity index (χ2v) is 5.91. The van der Waals surface area contributed by atoms with E-state index in [1.165, 1.54) is 6.20 Å². The van der Waals surface area contributed by atoms with Crippen LogP contribution in [0.1, 0.15) is 24.2 Å². The number of benzene rings is 1. The van der Waals surface area contributed by atoms with E-state index in [4.69, 9.17) is 9.47 Å². The average Bonchev–Trinajstić information content (AvgIpc) is 2.53. The number of amides is 1. The molecule has 23 heavy (non-hydrogen) atoms. The third kappa shape index (κ3) is 2.94. The Balaban J connectivity index is 1.98. The van der Waals surface area contributed by atoms with E-state index in [9.17, 15) is 9.59 Å². The molecule has 6 nitrogen and oxygen atoms in total. The second kappa shape index (κ2) is 6.04. The zero-order chi connectivity index (χ0) is 16.6. The number of carbonyl (C=O) groups is 1. The molecule has 0 spiro atoms. The Bertz CT molecular complexity index is 789. The number of pyridine rings is 1. The number of morpholine rings is 1. The molecular weight excluding hydrogens is 296 g/mol. The minimum Gasteiger partial charge on any atom is -0.497 e. The van der Waals surface area contributed by atoms with Gasteiger partial charge < -0.3 is 19.4 Å². The normalized spacial score (nSPS) is 21.4. The van der Waals surface area contributed by atoms with Crippen molar-refractivity contribution in [3.63, 3.8) is 0 Å². The molecule has 6 heteroatoms. The van der Waals surface area contributed by atoms with Gasteiger partial charge in [-0.05, 0) is 26.0 Å². The van der Waals surface area contributed by atoms with Gasteiger partial charge >= 0.3 is 0 Å². The van der Waals surface area contributed by atoms with Crippen LogP contribution < -0.4 is 10.2 Å². The third-order valence-corrected chi connectivity index (χ3v) is 4.03. The number of H-pyrrole nitrogens is 1. The van der Waals surface area contributed by atoms with Crippen LogP contribution in [0.5, 0.6) is 5.75 Å². The summed E-state index contributed by atoms with van der Waals surface area (Å²) in [7, 11) is 1.57. The number of aromatic nitrogens is 1. The van der Waals surface area contributed by atoms with Gasteiger partial charge in [0.05, 0.1) is 24.8 Å². The predicted octanol–water partition coefficient (Wildman–Crippen LogP) is 1.79. The molecule has 0 bridgehead atoms. The molecule has 1 aliphatic rings. The number of methoxy groups -OCH3 is 1. The van der Waals surface area contributed by atoms with Crippen molar-refractivity contribution in [1.82, 2.24) is 9.88 Å². The van der Waals surface area contributed by atoms with Gasteiger partial charge in [-0.3, -0.25) is 9.59 Å². The van der Waals surface area contributed by atoms with E-state index in [0.717, 1.165) is 0 Å². The Morgan fingerprint density at radius 3 is 2.65 bits per heavy atom. The fourth-order valence-corrected chi connectivity index (χ4v) is 3.00. The SMILES string of the molecule is COc1ccc2c(=O)c(C(=O)N3C[C@@H](C)O[C@@H](C)C3)c[nH]c2c1. The van der Waals surface area contributed by atoms with Crippen LogP contribution in [0.3, 0.4) is 0 Å². The van der Waals surface area contributed by atoms with Crippen molar-refractivity contribution in [3.8, 4) is 5.75 Å². The van der Waals surface area contributed by atoms with Crippen molar-refractivity contribution in [2.75, 3.05) is 20.2 Å². The Hall–Kier alpha value is -2.34. The molecule has 2 atom stereocenters. The molecular formula is C17H20N2O4. The second-order valence-electron chi connectivity index (χ2n) is 5.91. The molecule has 0 unspecified atom stereocenters. The van der Waals surface area contributed by atoms with Crippen LogP contribution in [-0.4, -0.2) is 48.2 Å². The van der Waals surface area contributed by atoms with Crippen LogP contribution in [0, 0.1) is 0 Å². The monoisotopic (exact) mass is 316 g/mol. The number of carbonyl (C=O) groups excluding carboxylic acids is 1. The summed E-state index contributed by atoms with van der Waals surface area (Å²) in [5.74, 6) is 0.397. The third-order valence-electron chi connectivity index (χ3n) is 4.03. The van der Waals surface area contributed by atoms with Crippen LogP contribution in [0.25, 0.3) is 10.9 Å². The number of rotatable bonds is 2. The molecule has 1 N–H and O–H groups in total. The van der Waals surface area contributed by atoms with E-state index in [1.807, 2.05) is 13.8 Å². The van der Waals surface area contributed by atoms with E-state index in [-0.39, 0.29) is 29.1 Å². The molecule has 1 fully saturated rings. The Labute approximate surface area is 134 Å². The lowest BCUT2D eigenvalue weighted by Crippen LogP contribution is -2.49. The molecule has 1 aromatic heterocycles. The van der Waals surface area contributed by atoms with E-state index in [2.05, 4.69) is 4.98 Å². The van der Waals surface area contributed by atoms with Gasteiger partial charge in [-0.1, -0.05) is 0 Å². The molecule has 0 radical (unpaired) electrons. The highest BCUT2D eigenvalue weighted by atomic mass is 16.5. The molecule has 2 heterocycles. The summed E-state index contributed by atoms with van der Waals surface area (Å²) in [5, 5.41) is 0.478. The number of ether oxygens (including phenoxy) is 2. The highest BCUT2D eigenvalue weighted by Gasteiger charge is 2.28. The van der Waals surface area contributed by atoms with Gasteiger partial charge in [-0.2, -0.15) is 0 Å². The Kier molecular flexibility index (Phi) is 4.09. The van der Waals surface area contributed by atoms with Crippen LogP contribution in [0.15, 0.2) is 29.2 Å². The smallest absolute Gasteiger partial charge is 0.259 e. The summed E-state index contributed by atoms with van der Waals surface area (Å²) in [6.07, 6.45) is 1.41. The number of nitrogens with one attached hydrogen (secondary N) is 1. The minimum atomic E-state index is -0.266. The average molecular weight is 316 g/mol. The predicted molar refractivity (Wildman–Crippen MR) is 87.0 cm³/mol. The van der Waals surface area contributed by atoms with E-state index < -0.39 is 0 Å². The summed E-state index contributed by atoms with van der Waals surface area (Å²) >= 11 is 0. The number of hydrogen-bond acceptors (Lipinski definition) is 4. The van der Waals surface area contributed by atoms with E-state index >= 15 is 0 Å². The summed E-state index contributed by atoms with van der Waals surface area (Å²) < 4.78 is 10.8. The largest absolute Gasteiger partial charge is 0.497 e. The van der Waals surface area contributed by atoms with Crippen LogP contribution in [-0.2, 0) is 4.74 Å². The minimum absolute atomic E-state index is 0.0356. The first-order valence-electron chi connectivity index (χ1n) is 7.63. The number of hydrogen-bond donors (Lipinski definition) is 1. The first-order valence-corrected chi connectivity index (χ1v) is 7.63. The maximum atomic E-state index is 12.7. The topological polar surface area (TPSA) is 71.6 Å². The van der Waals surface area contributed by atoms with Crippen LogP contribution >= 0.6 is 0 Å². The lowest BCUT2D eigenvalue weighted by Gasteiger charge is -2.35. The fourth-order valence-electron chi connectivity index (χ4n) is 3.00. The van der Waals surface area contributed by atoms with Crippen LogP contribution in [0.2, 0.25) is 0 Å². The van der Waals surface area contributed by atoms with Gasteiger partial charge in [0.1, 0.15) is 11.3 Å². The molecule has 1 amide bonds. The molecule has 0 aliphatic carbocycles. The molecule has 1 saturated heterocycles. The van der Waals surface area contributed by atoms with E-state index in [1.54, 1.807) is 30.2 Å². The maximum absolute atomic E-state index is 12.7. The molecule has 2 aromatic rings. The number of fused-ring (bicyclic) bond motifs is 1. The van der Waals surface area contributed by atoms with Gasteiger partial charge in [-0.25, -0.2) is 0 Å². The standard InChI is InChI=1S/C17H20N2O4/c1-10-8-19(9-11(2)23-10)17(21)14-7-18-15-6-12(22-3)4-5-13(15)16(14)20/h4-7,10-11H,8-9H2,1-3H3,(H,18,20)/t10-,11+. The van der Waals surface area contributed by atoms with Crippen molar-refractivity contribution in [2.24, 2.45) is 0 Å². The first kappa shape index (κ1) is 15.6. The lowest BCUT2D eigenvalue weighted by molar-refractivity contribution is -0.0586. The molecule has 1 aliphatic heterocycles. The summed E-state index contributed by atoms with van der Waals surface area (Å²) in [6.45, 7) is 4.83. The van der Waals surface area contributed by atoms with Crippen LogP contribution in [0.4, 0.5) is 0 Å². The fraction of sp³-hybridized carbons (Fsp3) is 0.412. The van der Waals surface area contributed by atoms with Gasteiger partial charge in [0, 0.05) is 30.7 Å². The Morgan fingerprint density at radius 1 is 1.30 bits per heavy atom. The van der Waals surface area contributed by atoms with Gasteiger partial charge in [-0.15, -0.1) is 0 Å². The quantitative estimate of drug-likeness (QED) is 0.917. The van der Waals surface area contributed by atoms with Gasteiger partial charge in [0.25, 0.3) is 5.91 Å². The van der Waals surface area contributed by atoms with Gasteiger partial charge in [0.2, 0.25) is 5.43 Å². The molecule has 0 saturated carbocycles. The molecule has 122 valence electrons. The zero-order valence-electron chi connectivity index (χ0n) is 13.5. The van der Waals surface area contributed by atoms with E-state index in [0.29, 0.717) is 29.7 Å². The highest BCUT2D eigenvalue weighted by molar-refractivity contribution is 5.97. The summed E-state index contributed by atoms with van der Waals surface area (Å²) in [5.41, 5.74) is 0.539. The summed E-state index contributed by atoms with van der Waals surface area (Å²) in [6, 6.07) is 5.13. The number of aromatic amines is 1. The first-order chi connectivity index (χ1) is 11.0. The zero-order valence-corrected chi connectivity index (χ0v) is 13.5. The molecule has 3 rings (SSSR count). The highest BCUT2D eigenvalue weighted by Crippen LogP contribution is 2.18. The van der Waals surface area contributed by atoms with Gasteiger partial charge in [0.15, 0.2) is 0 Å². The van der Waals surface area contributed by atoms with Crippen molar-refractivity contribution >= 4 is 16.8 Å². The molecule has 1 aromatic carbocycles. The van der Waals surface area contributed by atoms with Crippen molar-refractivity contribution in [2.45, 2.75) is 26.1 Å². The maximum Gasteiger partial charge on any atom is 0.259 e. The van der Waals surface area contributed by atoms with Crippen molar-refractivity contribution < 1.29 is 14.3 Å². The number of nitrogens with zero attached hydrogens (tertiary/aromatic N) is 1. The van der Waals surface area contributed by atoms with Crippen molar-refractivity contribution in [3.05, 3.63) is 40.2 Å². The van der Waals surface area contributed by atoms with Crippen molar-refractivity contribution in [1.29, 1.82) is 0 Å². The summed E-state index contributed by atoms with van der Waals surface area (Å²) in [4.78, 5) is 30.0.